The summed E-state index contributed by atoms with van der Waals surface area (Å²) in [4.78, 5) is 0. The third-order valence-corrected chi connectivity index (χ3v) is 6.02. The molecule has 18 heavy (non-hydrogen) atoms. The lowest BCUT2D eigenvalue weighted by Crippen LogP contribution is -2.38. The Balaban J connectivity index is 1.72. The van der Waals surface area contributed by atoms with Crippen molar-refractivity contribution >= 4 is 0 Å². The molecule has 0 aromatic heterocycles. The Morgan fingerprint density at radius 1 is 1.22 bits per heavy atom. The van der Waals surface area contributed by atoms with Crippen molar-refractivity contribution in [3.05, 3.63) is 0 Å². The Hall–Kier alpha value is -0.0800. The van der Waals surface area contributed by atoms with Crippen molar-refractivity contribution in [2.45, 2.75) is 65.9 Å². The summed E-state index contributed by atoms with van der Waals surface area (Å²) in [5.74, 6) is 0.889. The van der Waals surface area contributed by atoms with Gasteiger partial charge < -0.3 is 10.1 Å². The summed E-state index contributed by atoms with van der Waals surface area (Å²) in [7, 11) is 0. The van der Waals surface area contributed by atoms with Crippen molar-refractivity contribution < 1.29 is 4.74 Å². The van der Waals surface area contributed by atoms with Crippen molar-refractivity contribution in [3.63, 3.8) is 0 Å². The lowest BCUT2D eigenvalue weighted by atomic mass is 9.70. The summed E-state index contributed by atoms with van der Waals surface area (Å²) < 4.78 is 6.19. The topological polar surface area (TPSA) is 21.3 Å². The molecule has 3 atom stereocenters. The van der Waals surface area contributed by atoms with E-state index in [1.165, 1.54) is 32.1 Å². The minimum Gasteiger partial charge on any atom is -0.376 e. The Morgan fingerprint density at radius 2 is 2.00 bits per heavy atom. The van der Waals surface area contributed by atoms with Gasteiger partial charge in [-0.25, -0.2) is 0 Å². The van der Waals surface area contributed by atoms with Crippen molar-refractivity contribution in [2.75, 3.05) is 19.7 Å². The van der Waals surface area contributed by atoms with E-state index in [9.17, 15) is 0 Å². The molecule has 2 saturated carbocycles. The summed E-state index contributed by atoms with van der Waals surface area (Å²) in [6, 6.07) is 0. The Morgan fingerprint density at radius 3 is 2.56 bits per heavy atom. The van der Waals surface area contributed by atoms with Gasteiger partial charge in [0.05, 0.1) is 12.7 Å². The number of nitrogens with one attached hydrogen (secondary N) is 1. The standard InChI is InChI=1S/C16H31NO/c1-5-6-9-17-10-11-18-14-12-13-7-8-16(14,4)15(13,2)3/h13-14,17H,5-12H2,1-4H3. The molecule has 2 aliphatic rings. The SMILES string of the molecule is CCCCNCCOC1CC2CCC1(C)C2(C)C. The van der Waals surface area contributed by atoms with Crippen LogP contribution in [0.15, 0.2) is 0 Å². The monoisotopic (exact) mass is 253 g/mol. The van der Waals surface area contributed by atoms with E-state index < -0.39 is 0 Å². The van der Waals surface area contributed by atoms with Crippen LogP contribution in [0.3, 0.4) is 0 Å². The zero-order chi connectivity index (χ0) is 13.2. The molecule has 2 heteroatoms. The van der Waals surface area contributed by atoms with E-state index in [1.54, 1.807) is 0 Å². The first-order valence-electron chi connectivity index (χ1n) is 7.84. The van der Waals surface area contributed by atoms with E-state index in [4.69, 9.17) is 4.74 Å². The highest BCUT2D eigenvalue weighted by Gasteiger charge is 2.61. The number of ether oxygens (including phenoxy) is 1. The van der Waals surface area contributed by atoms with E-state index in [-0.39, 0.29) is 0 Å². The Bertz CT molecular complexity index is 276. The average Bonchev–Trinajstić information content (AvgIpc) is 2.66. The van der Waals surface area contributed by atoms with Gasteiger partial charge in [-0.1, -0.05) is 34.1 Å². The molecule has 0 aliphatic heterocycles. The quantitative estimate of drug-likeness (QED) is 0.700. The molecule has 106 valence electrons. The number of unbranched alkanes of at least 4 members (excludes halogenated alkanes) is 1. The van der Waals surface area contributed by atoms with E-state index in [2.05, 4.69) is 33.0 Å². The summed E-state index contributed by atoms with van der Waals surface area (Å²) in [5, 5.41) is 3.46. The molecule has 2 nitrogen and oxygen atoms in total. The van der Waals surface area contributed by atoms with Gasteiger partial charge in [-0.05, 0) is 49.0 Å². The molecule has 0 radical (unpaired) electrons. The number of hydrogen-bond acceptors (Lipinski definition) is 2. The second-order valence-corrected chi connectivity index (χ2v) is 7.07. The summed E-state index contributed by atoms with van der Waals surface area (Å²) in [6.45, 7) is 12.6. The van der Waals surface area contributed by atoms with Gasteiger partial charge in [0.1, 0.15) is 0 Å². The van der Waals surface area contributed by atoms with Crippen LogP contribution in [0.4, 0.5) is 0 Å². The third kappa shape index (κ3) is 2.34. The molecule has 0 heterocycles. The van der Waals surface area contributed by atoms with Crippen molar-refractivity contribution in [1.29, 1.82) is 0 Å². The fourth-order valence-electron chi connectivity index (χ4n) is 4.08. The summed E-state index contributed by atoms with van der Waals surface area (Å²) in [6.07, 6.45) is 7.11. The van der Waals surface area contributed by atoms with Crippen LogP contribution >= 0.6 is 0 Å². The van der Waals surface area contributed by atoms with Crippen LogP contribution in [0, 0.1) is 16.7 Å². The largest absolute Gasteiger partial charge is 0.376 e. The molecule has 0 amide bonds. The van der Waals surface area contributed by atoms with Crippen molar-refractivity contribution in [2.24, 2.45) is 16.7 Å². The molecule has 1 N–H and O–H groups in total. The van der Waals surface area contributed by atoms with Crippen LogP contribution in [0.5, 0.6) is 0 Å². The molecular weight excluding hydrogens is 222 g/mol. The zero-order valence-electron chi connectivity index (χ0n) is 12.7. The molecule has 2 bridgehead atoms. The fourth-order valence-corrected chi connectivity index (χ4v) is 4.08. The molecule has 0 aromatic carbocycles. The van der Waals surface area contributed by atoms with Gasteiger partial charge in [-0.3, -0.25) is 0 Å². The van der Waals surface area contributed by atoms with Gasteiger partial charge in [0.15, 0.2) is 0 Å². The van der Waals surface area contributed by atoms with Gasteiger partial charge in [0.2, 0.25) is 0 Å². The second-order valence-electron chi connectivity index (χ2n) is 7.07. The molecule has 2 rings (SSSR count). The molecular formula is C16H31NO. The molecule has 2 aliphatic carbocycles. The van der Waals surface area contributed by atoms with Crippen LogP contribution in [0.1, 0.15) is 59.8 Å². The smallest absolute Gasteiger partial charge is 0.0637 e. The number of rotatable bonds is 7. The van der Waals surface area contributed by atoms with Crippen molar-refractivity contribution in [1.82, 2.24) is 5.32 Å². The highest BCUT2D eigenvalue weighted by Crippen LogP contribution is 2.66. The van der Waals surface area contributed by atoms with E-state index in [0.29, 0.717) is 16.9 Å². The fraction of sp³-hybridized carbons (Fsp3) is 1.00. The van der Waals surface area contributed by atoms with E-state index in [1.807, 2.05) is 0 Å². The number of fused-ring (bicyclic) bond motifs is 2. The van der Waals surface area contributed by atoms with Gasteiger partial charge in [-0.2, -0.15) is 0 Å². The summed E-state index contributed by atoms with van der Waals surface area (Å²) >= 11 is 0. The normalized spacial score (nSPS) is 37.3. The predicted molar refractivity (Wildman–Crippen MR) is 76.7 cm³/mol. The van der Waals surface area contributed by atoms with Gasteiger partial charge >= 0.3 is 0 Å². The molecule has 0 aromatic rings. The van der Waals surface area contributed by atoms with Gasteiger partial charge in [0.25, 0.3) is 0 Å². The van der Waals surface area contributed by atoms with Crippen LogP contribution in [-0.4, -0.2) is 25.8 Å². The lowest BCUT2D eigenvalue weighted by molar-refractivity contribution is -0.0449. The van der Waals surface area contributed by atoms with Crippen LogP contribution < -0.4 is 5.32 Å². The van der Waals surface area contributed by atoms with Crippen molar-refractivity contribution in [3.8, 4) is 0 Å². The Labute approximate surface area is 113 Å². The first kappa shape index (κ1) is 14.3. The minimum atomic E-state index is 0.418. The maximum absolute atomic E-state index is 6.19. The highest BCUT2D eigenvalue weighted by molar-refractivity contribution is 5.11. The third-order valence-electron chi connectivity index (χ3n) is 6.02. The van der Waals surface area contributed by atoms with E-state index >= 15 is 0 Å². The van der Waals surface area contributed by atoms with E-state index in [0.717, 1.165) is 25.6 Å². The zero-order valence-corrected chi connectivity index (χ0v) is 12.7. The number of hydrogen-bond donors (Lipinski definition) is 1. The molecule has 0 spiro atoms. The van der Waals surface area contributed by atoms with Crippen LogP contribution in [-0.2, 0) is 4.74 Å². The predicted octanol–water partition coefficient (Wildman–Crippen LogP) is 3.61. The first-order chi connectivity index (χ1) is 8.52. The molecule has 3 unspecified atom stereocenters. The maximum atomic E-state index is 6.19. The van der Waals surface area contributed by atoms with Crippen LogP contribution in [0.25, 0.3) is 0 Å². The maximum Gasteiger partial charge on any atom is 0.0637 e. The first-order valence-corrected chi connectivity index (χ1v) is 7.84. The highest BCUT2D eigenvalue weighted by atomic mass is 16.5. The summed E-state index contributed by atoms with van der Waals surface area (Å²) in [5.41, 5.74) is 0.897. The molecule has 0 saturated heterocycles. The average molecular weight is 253 g/mol. The van der Waals surface area contributed by atoms with Gasteiger partial charge in [-0.15, -0.1) is 0 Å². The minimum absolute atomic E-state index is 0.418. The lowest BCUT2D eigenvalue weighted by Gasteiger charge is -2.38. The van der Waals surface area contributed by atoms with Gasteiger partial charge in [0, 0.05) is 6.54 Å². The second kappa shape index (κ2) is 5.50. The molecule has 2 fully saturated rings. The Kier molecular flexibility index (Phi) is 4.38. The van der Waals surface area contributed by atoms with Crippen LogP contribution in [0.2, 0.25) is 0 Å².